The lowest BCUT2D eigenvalue weighted by Crippen LogP contribution is -2.32. The zero-order valence-corrected chi connectivity index (χ0v) is 7.83. The fraction of sp³-hybridized carbons (Fsp3) is 0.889. The van der Waals surface area contributed by atoms with E-state index in [1.807, 2.05) is 0 Å². The Morgan fingerprint density at radius 3 is 2.92 bits per heavy atom. The number of nitrogens with one attached hydrogen (secondary N) is 1. The summed E-state index contributed by atoms with van der Waals surface area (Å²) in [6, 6.07) is 0. The highest BCUT2D eigenvalue weighted by molar-refractivity contribution is 5.70. The van der Waals surface area contributed by atoms with Crippen molar-refractivity contribution >= 4 is 5.97 Å². The van der Waals surface area contributed by atoms with Gasteiger partial charge in [0, 0.05) is 6.67 Å². The van der Waals surface area contributed by atoms with Gasteiger partial charge >= 0.3 is 5.97 Å². The fourth-order valence-electron chi connectivity index (χ4n) is 1.99. The summed E-state index contributed by atoms with van der Waals surface area (Å²) in [5, 5.41) is 11.9. The third kappa shape index (κ3) is 3.32. The van der Waals surface area contributed by atoms with Crippen molar-refractivity contribution in [2.75, 3.05) is 13.2 Å². The van der Waals surface area contributed by atoms with Gasteiger partial charge in [0.2, 0.25) is 0 Å². The first-order chi connectivity index (χ1) is 6.24. The van der Waals surface area contributed by atoms with Gasteiger partial charge in [0.05, 0.1) is 5.92 Å². The molecule has 0 radical (unpaired) electrons. The Hall–Kier alpha value is -0.610. The first-order valence-electron chi connectivity index (χ1n) is 4.87. The van der Waals surface area contributed by atoms with E-state index < -0.39 is 5.97 Å². The van der Waals surface area contributed by atoms with E-state index in [1.54, 1.807) is 0 Å². The largest absolute Gasteiger partial charge is 0.481 e. The van der Waals surface area contributed by atoms with Gasteiger partial charge in [-0.05, 0) is 31.7 Å². The van der Waals surface area contributed by atoms with Crippen LogP contribution in [0, 0.1) is 11.8 Å². The molecule has 0 heterocycles. The number of hydrogen-bond acceptors (Lipinski definition) is 3. The van der Waals surface area contributed by atoms with Crippen LogP contribution in [0.2, 0.25) is 0 Å². The number of carboxylic acids is 1. The molecule has 13 heavy (non-hydrogen) atoms. The topological polar surface area (TPSA) is 75.3 Å². The summed E-state index contributed by atoms with van der Waals surface area (Å²) in [6.07, 6.45) is 3.82. The number of rotatable bonds is 4. The molecule has 4 N–H and O–H groups in total. The molecule has 1 aliphatic carbocycles. The Morgan fingerprint density at radius 1 is 1.54 bits per heavy atom. The predicted molar refractivity (Wildman–Crippen MR) is 50.1 cm³/mol. The molecule has 0 aliphatic heterocycles. The second-order valence-electron chi connectivity index (χ2n) is 3.73. The fourth-order valence-corrected chi connectivity index (χ4v) is 1.99. The highest BCUT2D eigenvalue weighted by atomic mass is 16.4. The molecule has 0 aromatic carbocycles. The molecular formula is C9H18N2O2. The van der Waals surface area contributed by atoms with Crippen LogP contribution < -0.4 is 11.1 Å². The monoisotopic (exact) mass is 186 g/mol. The van der Waals surface area contributed by atoms with Gasteiger partial charge in [-0.2, -0.15) is 0 Å². The maximum atomic E-state index is 10.7. The summed E-state index contributed by atoms with van der Waals surface area (Å²) in [4.78, 5) is 10.7. The number of carboxylic acid groups (broad SMARTS) is 1. The van der Waals surface area contributed by atoms with E-state index in [2.05, 4.69) is 5.32 Å². The van der Waals surface area contributed by atoms with Crippen molar-refractivity contribution in [2.24, 2.45) is 17.6 Å². The van der Waals surface area contributed by atoms with Crippen molar-refractivity contribution in [3.05, 3.63) is 0 Å². The second-order valence-corrected chi connectivity index (χ2v) is 3.73. The van der Waals surface area contributed by atoms with Gasteiger partial charge in [-0.15, -0.1) is 0 Å². The quantitative estimate of drug-likeness (QED) is 0.555. The molecule has 4 nitrogen and oxygen atoms in total. The van der Waals surface area contributed by atoms with Crippen LogP contribution in [0.4, 0.5) is 0 Å². The molecule has 0 saturated heterocycles. The van der Waals surface area contributed by atoms with Crippen molar-refractivity contribution in [1.82, 2.24) is 5.32 Å². The molecule has 1 fully saturated rings. The zero-order chi connectivity index (χ0) is 9.68. The van der Waals surface area contributed by atoms with Crippen LogP contribution in [-0.2, 0) is 4.79 Å². The molecule has 0 bridgehead atoms. The van der Waals surface area contributed by atoms with Gasteiger partial charge in [-0.3, -0.25) is 4.79 Å². The summed E-state index contributed by atoms with van der Waals surface area (Å²) < 4.78 is 0. The predicted octanol–water partition coefficient (Wildman–Crippen LogP) is 0.383. The van der Waals surface area contributed by atoms with Crippen molar-refractivity contribution in [3.8, 4) is 0 Å². The van der Waals surface area contributed by atoms with Crippen molar-refractivity contribution in [3.63, 3.8) is 0 Å². The van der Waals surface area contributed by atoms with E-state index in [1.165, 1.54) is 0 Å². The third-order valence-electron chi connectivity index (χ3n) is 2.71. The number of nitrogens with two attached hydrogens (primary N) is 1. The van der Waals surface area contributed by atoms with Gasteiger partial charge in [0.25, 0.3) is 0 Å². The minimum Gasteiger partial charge on any atom is -0.481 e. The second kappa shape index (κ2) is 5.19. The standard InChI is InChI=1S/C9H18N2O2/c10-6-11-5-7-2-1-3-8(4-7)9(12)13/h7-8,11H,1-6,10H2,(H,12,13)/t7-,8+/m0/s1. The maximum absolute atomic E-state index is 10.7. The van der Waals surface area contributed by atoms with Crippen LogP contribution >= 0.6 is 0 Å². The van der Waals surface area contributed by atoms with E-state index in [9.17, 15) is 4.79 Å². The van der Waals surface area contributed by atoms with Crippen LogP contribution in [0.1, 0.15) is 25.7 Å². The lowest BCUT2D eigenvalue weighted by Gasteiger charge is -2.26. The van der Waals surface area contributed by atoms with Gasteiger partial charge in [0.15, 0.2) is 0 Å². The van der Waals surface area contributed by atoms with Gasteiger partial charge in [-0.1, -0.05) is 6.42 Å². The molecule has 76 valence electrons. The van der Waals surface area contributed by atoms with Gasteiger partial charge < -0.3 is 16.2 Å². The van der Waals surface area contributed by atoms with Crippen molar-refractivity contribution in [2.45, 2.75) is 25.7 Å². The van der Waals surface area contributed by atoms with Crippen LogP contribution in [0.15, 0.2) is 0 Å². The zero-order valence-electron chi connectivity index (χ0n) is 7.83. The SMILES string of the molecule is NCNC[C@H]1CCC[C@@H](C(=O)O)C1. The summed E-state index contributed by atoms with van der Waals surface area (Å²) in [5.41, 5.74) is 5.31. The Bertz CT molecular complexity index is 173. The molecule has 0 aromatic rings. The van der Waals surface area contributed by atoms with Crippen LogP contribution in [0.5, 0.6) is 0 Å². The maximum Gasteiger partial charge on any atom is 0.306 e. The number of aliphatic carboxylic acids is 1. The summed E-state index contributed by atoms with van der Waals surface area (Å²) in [6.45, 7) is 1.34. The summed E-state index contributed by atoms with van der Waals surface area (Å²) in [7, 11) is 0. The van der Waals surface area contributed by atoms with Crippen LogP contribution in [0.3, 0.4) is 0 Å². The molecule has 4 heteroatoms. The molecule has 1 rings (SSSR count). The molecule has 0 aromatic heterocycles. The molecule has 0 amide bonds. The van der Waals surface area contributed by atoms with Crippen LogP contribution in [0.25, 0.3) is 0 Å². The third-order valence-corrected chi connectivity index (χ3v) is 2.71. The summed E-state index contributed by atoms with van der Waals surface area (Å²) in [5.74, 6) is -0.269. The Balaban J connectivity index is 2.29. The van der Waals surface area contributed by atoms with Crippen molar-refractivity contribution < 1.29 is 9.90 Å². The van der Waals surface area contributed by atoms with E-state index in [0.717, 1.165) is 32.2 Å². The Kier molecular flexibility index (Phi) is 4.18. The normalized spacial score (nSPS) is 28.7. The van der Waals surface area contributed by atoms with Gasteiger partial charge in [-0.25, -0.2) is 0 Å². The first-order valence-corrected chi connectivity index (χ1v) is 4.87. The molecule has 0 unspecified atom stereocenters. The highest BCUT2D eigenvalue weighted by Crippen LogP contribution is 2.28. The highest BCUT2D eigenvalue weighted by Gasteiger charge is 2.26. The van der Waals surface area contributed by atoms with Crippen molar-refractivity contribution in [1.29, 1.82) is 0 Å². The van der Waals surface area contributed by atoms with E-state index in [-0.39, 0.29) is 5.92 Å². The number of carbonyl (C=O) groups is 1. The minimum absolute atomic E-state index is 0.127. The van der Waals surface area contributed by atoms with E-state index in [4.69, 9.17) is 10.8 Å². The molecule has 0 spiro atoms. The minimum atomic E-state index is -0.641. The molecule has 1 aliphatic rings. The Morgan fingerprint density at radius 2 is 2.31 bits per heavy atom. The molecule has 1 saturated carbocycles. The molecular weight excluding hydrogens is 168 g/mol. The summed E-state index contributed by atoms with van der Waals surface area (Å²) >= 11 is 0. The van der Waals surface area contributed by atoms with E-state index >= 15 is 0 Å². The molecule has 2 atom stereocenters. The van der Waals surface area contributed by atoms with Gasteiger partial charge in [0.1, 0.15) is 0 Å². The number of hydrogen-bond donors (Lipinski definition) is 3. The lowest BCUT2D eigenvalue weighted by molar-refractivity contribution is -0.143. The van der Waals surface area contributed by atoms with E-state index in [0.29, 0.717) is 12.6 Å². The van der Waals surface area contributed by atoms with Crippen LogP contribution in [-0.4, -0.2) is 24.3 Å². The smallest absolute Gasteiger partial charge is 0.306 e. The first kappa shape index (κ1) is 10.5. The lowest BCUT2D eigenvalue weighted by atomic mass is 9.81. The average molecular weight is 186 g/mol. The average Bonchev–Trinajstić information content (AvgIpc) is 2.15. The Labute approximate surface area is 78.5 Å².